The summed E-state index contributed by atoms with van der Waals surface area (Å²) < 4.78 is 6.11. The summed E-state index contributed by atoms with van der Waals surface area (Å²) in [7, 11) is 0. The number of rotatable bonds is 6. The van der Waals surface area contributed by atoms with Gasteiger partial charge in [0.25, 0.3) is 10.9 Å². The van der Waals surface area contributed by atoms with Gasteiger partial charge in [0.2, 0.25) is 11.8 Å². The fraction of sp³-hybridized carbons (Fsp3) is 0.438. The van der Waals surface area contributed by atoms with Gasteiger partial charge in [0.05, 0.1) is 16.4 Å². The lowest BCUT2D eigenvalue weighted by atomic mass is 9.89. The summed E-state index contributed by atoms with van der Waals surface area (Å²) in [5.74, 6) is 0.832. The summed E-state index contributed by atoms with van der Waals surface area (Å²) >= 11 is 4.39. The van der Waals surface area contributed by atoms with Crippen LogP contribution in [0.3, 0.4) is 0 Å². The number of amides is 1. The third-order valence-corrected chi connectivity index (χ3v) is 5.62. The number of benzene rings is 1. The topological polar surface area (TPSA) is 111 Å². The van der Waals surface area contributed by atoms with Gasteiger partial charge in [-0.2, -0.15) is 0 Å². The Hall–Kier alpha value is -1.94. The first-order valence-electron chi connectivity index (χ1n) is 8.23. The van der Waals surface area contributed by atoms with Gasteiger partial charge in [-0.15, -0.1) is 10.2 Å². The number of hydrogen-bond donors (Lipinski definition) is 1. The quantitative estimate of drug-likeness (QED) is 0.399. The van der Waals surface area contributed by atoms with Crippen molar-refractivity contribution in [3.05, 3.63) is 38.7 Å². The van der Waals surface area contributed by atoms with E-state index in [9.17, 15) is 14.9 Å². The molecule has 1 aromatic carbocycles. The zero-order valence-electron chi connectivity index (χ0n) is 13.8. The molecule has 0 aliphatic heterocycles. The van der Waals surface area contributed by atoms with E-state index in [0.29, 0.717) is 27.2 Å². The number of anilines is 1. The molecule has 10 heteroatoms. The maximum Gasteiger partial charge on any atom is 0.277 e. The Balaban J connectivity index is 1.53. The molecule has 1 aromatic heterocycles. The van der Waals surface area contributed by atoms with Gasteiger partial charge in [0.1, 0.15) is 0 Å². The van der Waals surface area contributed by atoms with Crippen molar-refractivity contribution in [3.63, 3.8) is 0 Å². The monoisotopic (exact) mass is 440 g/mol. The maximum atomic E-state index is 12.1. The van der Waals surface area contributed by atoms with Crippen LogP contribution in [0, 0.1) is 10.1 Å². The number of hydrogen-bond acceptors (Lipinski definition) is 7. The molecule has 2 aromatic rings. The first-order valence-corrected chi connectivity index (χ1v) is 10.0. The molecule has 3 rings (SSSR count). The van der Waals surface area contributed by atoms with Gasteiger partial charge in [0.15, 0.2) is 0 Å². The molecule has 1 heterocycles. The second-order valence-electron chi connectivity index (χ2n) is 6.00. The SMILES string of the molecule is O=C(CSc1nnc(C2CCCCC2)o1)Nc1ccc([N+](=O)[O-])cc1Br. The van der Waals surface area contributed by atoms with Crippen LogP contribution in [-0.4, -0.2) is 26.8 Å². The highest BCUT2D eigenvalue weighted by atomic mass is 79.9. The third-order valence-electron chi connectivity index (χ3n) is 4.14. The van der Waals surface area contributed by atoms with Gasteiger partial charge in [-0.3, -0.25) is 14.9 Å². The molecule has 26 heavy (non-hydrogen) atoms. The van der Waals surface area contributed by atoms with Crippen molar-refractivity contribution >= 4 is 45.0 Å². The Kier molecular flexibility index (Phi) is 6.25. The number of nitro benzene ring substituents is 1. The average Bonchev–Trinajstić information content (AvgIpc) is 3.11. The van der Waals surface area contributed by atoms with E-state index >= 15 is 0 Å². The molecule has 1 fully saturated rings. The van der Waals surface area contributed by atoms with E-state index in [1.54, 1.807) is 0 Å². The second-order valence-corrected chi connectivity index (χ2v) is 7.78. The molecule has 1 aliphatic carbocycles. The summed E-state index contributed by atoms with van der Waals surface area (Å²) in [6, 6.07) is 4.16. The molecular formula is C16H17BrN4O4S. The number of carbonyl (C=O) groups excluding carboxylic acids is 1. The number of carbonyl (C=O) groups is 1. The van der Waals surface area contributed by atoms with E-state index in [2.05, 4.69) is 31.4 Å². The van der Waals surface area contributed by atoms with Crippen molar-refractivity contribution in [1.29, 1.82) is 0 Å². The minimum atomic E-state index is -0.494. The predicted molar refractivity (Wildman–Crippen MR) is 100 cm³/mol. The number of thioether (sulfide) groups is 1. The average molecular weight is 441 g/mol. The lowest BCUT2D eigenvalue weighted by molar-refractivity contribution is -0.384. The van der Waals surface area contributed by atoms with Gasteiger partial charge in [-0.1, -0.05) is 31.0 Å². The molecule has 0 saturated heterocycles. The molecule has 0 spiro atoms. The molecule has 1 N–H and O–H groups in total. The van der Waals surface area contributed by atoms with E-state index < -0.39 is 4.92 Å². The molecule has 1 amide bonds. The van der Waals surface area contributed by atoms with Crippen LogP contribution >= 0.6 is 27.7 Å². The molecule has 8 nitrogen and oxygen atoms in total. The number of halogens is 1. The Morgan fingerprint density at radius 2 is 2.12 bits per heavy atom. The fourth-order valence-corrected chi connectivity index (χ4v) is 3.86. The molecule has 0 unspecified atom stereocenters. The summed E-state index contributed by atoms with van der Waals surface area (Å²) in [6.45, 7) is 0. The second kappa shape index (κ2) is 8.63. The summed E-state index contributed by atoms with van der Waals surface area (Å²) in [5.41, 5.74) is 0.417. The first kappa shape index (κ1) is 18.8. The predicted octanol–water partition coefficient (Wildman–Crippen LogP) is 4.52. The van der Waals surface area contributed by atoms with Crippen LogP contribution in [0.15, 0.2) is 32.3 Å². The minimum absolute atomic E-state index is 0.0506. The molecule has 0 bridgehead atoms. The molecular weight excluding hydrogens is 424 g/mol. The highest BCUT2D eigenvalue weighted by Gasteiger charge is 2.21. The first-order chi connectivity index (χ1) is 12.5. The van der Waals surface area contributed by atoms with Crippen LogP contribution in [0.25, 0.3) is 0 Å². The van der Waals surface area contributed by atoms with E-state index in [-0.39, 0.29) is 17.3 Å². The Labute approximate surface area is 162 Å². The third kappa shape index (κ3) is 4.82. The van der Waals surface area contributed by atoms with Crippen LogP contribution in [0.1, 0.15) is 43.9 Å². The summed E-state index contributed by atoms with van der Waals surface area (Å²) in [5, 5.41) is 21.9. The summed E-state index contributed by atoms with van der Waals surface area (Å²) in [4.78, 5) is 22.3. The zero-order chi connectivity index (χ0) is 18.5. The van der Waals surface area contributed by atoms with Gasteiger partial charge in [0, 0.05) is 22.5 Å². The van der Waals surface area contributed by atoms with E-state index in [0.717, 1.165) is 12.8 Å². The van der Waals surface area contributed by atoms with Crippen molar-refractivity contribution < 1.29 is 14.1 Å². The maximum absolute atomic E-state index is 12.1. The van der Waals surface area contributed by atoms with Crippen LogP contribution in [0.5, 0.6) is 0 Å². The number of non-ortho nitro benzene ring substituents is 1. The van der Waals surface area contributed by atoms with Gasteiger partial charge >= 0.3 is 0 Å². The molecule has 1 aliphatic rings. The highest BCUT2D eigenvalue weighted by molar-refractivity contribution is 9.10. The van der Waals surface area contributed by atoms with Crippen molar-refractivity contribution in [1.82, 2.24) is 10.2 Å². The lowest BCUT2D eigenvalue weighted by Gasteiger charge is -2.17. The Morgan fingerprint density at radius 1 is 1.35 bits per heavy atom. The van der Waals surface area contributed by atoms with Crippen LogP contribution < -0.4 is 5.32 Å². The zero-order valence-corrected chi connectivity index (χ0v) is 16.2. The van der Waals surface area contributed by atoms with Crippen molar-refractivity contribution in [3.8, 4) is 0 Å². The molecule has 0 radical (unpaired) electrons. The molecule has 0 atom stereocenters. The van der Waals surface area contributed by atoms with Gasteiger partial charge in [-0.25, -0.2) is 0 Å². The Bertz CT molecular complexity index is 807. The van der Waals surface area contributed by atoms with E-state index in [1.165, 1.54) is 49.2 Å². The van der Waals surface area contributed by atoms with Crippen molar-refractivity contribution in [2.45, 2.75) is 43.2 Å². The van der Waals surface area contributed by atoms with Gasteiger partial charge in [-0.05, 0) is 34.8 Å². The number of aromatic nitrogens is 2. The molecule has 138 valence electrons. The highest BCUT2D eigenvalue weighted by Crippen LogP contribution is 2.33. The number of nitrogens with zero attached hydrogens (tertiary/aromatic N) is 3. The van der Waals surface area contributed by atoms with E-state index in [1.807, 2.05) is 0 Å². The fourth-order valence-electron chi connectivity index (χ4n) is 2.83. The number of nitrogens with one attached hydrogen (secondary N) is 1. The van der Waals surface area contributed by atoms with Crippen LogP contribution in [-0.2, 0) is 4.79 Å². The normalized spacial score (nSPS) is 15.0. The minimum Gasteiger partial charge on any atom is -0.416 e. The Morgan fingerprint density at radius 3 is 2.81 bits per heavy atom. The molecule has 1 saturated carbocycles. The number of nitro groups is 1. The smallest absolute Gasteiger partial charge is 0.277 e. The van der Waals surface area contributed by atoms with Gasteiger partial charge < -0.3 is 9.73 Å². The lowest BCUT2D eigenvalue weighted by Crippen LogP contribution is -2.14. The summed E-state index contributed by atoms with van der Waals surface area (Å²) in [6.07, 6.45) is 5.76. The van der Waals surface area contributed by atoms with Crippen LogP contribution in [0.4, 0.5) is 11.4 Å². The largest absolute Gasteiger partial charge is 0.416 e. The standard InChI is InChI=1S/C16H17BrN4O4S/c17-12-8-11(21(23)24)6-7-13(12)18-14(22)9-26-16-20-19-15(25-16)10-4-2-1-3-5-10/h6-8,10H,1-5,9H2,(H,18,22). The van der Waals surface area contributed by atoms with Crippen LogP contribution in [0.2, 0.25) is 0 Å². The van der Waals surface area contributed by atoms with Crippen molar-refractivity contribution in [2.75, 3.05) is 11.1 Å². The van der Waals surface area contributed by atoms with E-state index in [4.69, 9.17) is 4.42 Å². The van der Waals surface area contributed by atoms with Crippen molar-refractivity contribution in [2.24, 2.45) is 0 Å².